The minimum Gasteiger partial charge on any atom is -0.478 e. The standard InChI is InChI=1S/C23H22N2O4/c1-13-4-6-20(18(10-13)22(26)27)24-16-8-15(3)9-17(12-16)25-21-7-5-14(2)11-19(21)23(28)29/h4-12,24-25H,1-3H3,(H,26,27)(H,28,29). The summed E-state index contributed by atoms with van der Waals surface area (Å²) in [6.45, 7) is 5.59. The minimum absolute atomic E-state index is 0.188. The fourth-order valence-corrected chi connectivity index (χ4v) is 3.13. The van der Waals surface area contributed by atoms with Crippen LogP contribution in [0.3, 0.4) is 0 Å². The van der Waals surface area contributed by atoms with Crippen LogP contribution in [0, 0.1) is 20.8 Å². The lowest BCUT2D eigenvalue weighted by Crippen LogP contribution is -2.05. The number of hydrogen-bond donors (Lipinski definition) is 4. The fraction of sp³-hybridized carbons (Fsp3) is 0.130. The van der Waals surface area contributed by atoms with Crippen LogP contribution in [-0.2, 0) is 0 Å². The first-order valence-corrected chi connectivity index (χ1v) is 9.06. The molecule has 0 aliphatic heterocycles. The maximum Gasteiger partial charge on any atom is 0.337 e. The molecule has 0 aliphatic carbocycles. The number of nitrogens with one attached hydrogen (secondary N) is 2. The molecule has 0 bridgehead atoms. The van der Waals surface area contributed by atoms with Gasteiger partial charge in [0.2, 0.25) is 0 Å². The molecule has 3 aromatic rings. The summed E-state index contributed by atoms with van der Waals surface area (Å²) >= 11 is 0. The van der Waals surface area contributed by atoms with Crippen LogP contribution in [0.4, 0.5) is 22.7 Å². The molecule has 6 heteroatoms. The highest BCUT2D eigenvalue weighted by Gasteiger charge is 2.13. The molecule has 3 aromatic carbocycles. The topological polar surface area (TPSA) is 98.7 Å². The van der Waals surface area contributed by atoms with Gasteiger partial charge in [-0.1, -0.05) is 23.3 Å². The predicted octanol–water partition coefficient (Wildman–Crippen LogP) is 5.50. The van der Waals surface area contributed by atoms with Crippen LogP contribution in [0.1, 0.15) is 37.4 Å². The van der Waals surface area contributed by atoms with Crippen LogP contribution in [0.15, 0.2) is 54.6 Å². The van der Waals surface area contributed by atoms with Crippen LogP contribution >= 0.6 is 0 Å². The van der Waals surface area contributed by atoms with Crippen LogP contribution in [0.5, 0.6) is 0 Å². The van der Waals surface area contributed by atoms with Gasteiger partial charge in [0.1, 0.15) is 0 Å². The summed E-state index contributed by atoms with van der Waals surface area (Å²) in [7, 11) is 0. The van der Waals surface area contributed by atoms with Crippen molar-refractivity contribution in [3.63, 3.8) is 0 Å². The van der Waals surface area contributed by atoms with Gasteiger partial charge in [-0.05, 0) is 68.8 Å². The van der Waals surface area contributed by atoms with Gasteiger partial charge in [0.15, 0.2) is 0 Å². The Morgan fingerprint density at radius 2 is 1.03 bits per heavy atom. The number of carboxylic acid groups (broad SMARTS) is 2. The SMILES string of the molecule is Cc1cc(Nc2ccc(C)cc2C(=O)O)cc(Nc2ccc(C)cc2C(=O)O)c1. The minimum atomic E-state index is -1.01. The first-order chi connectivity index (χ1) is 13.7. The van der Waals surface area contributed by atoms with Gasteiger partial charge < -0.3 is 20.8 Å². The summed E-state index contributed by atoms with van der Waals surface area (Å²) in [6, 6.07) is 16.0. The van der Waals surface area contributed by atoms with E-state index in [2.05, 4.69) is 10.6 Å². The van der Waals surface area contributed by atoms with Gasteiger partial charge in [-0.15, -0.1) is 0 Å². The van der Waals surface area contributed by atoms with Gasteiger partial charge in [-0.3, -0.25) is 0 Å². The predicted molar refractivity (Wildman–Crippen MR) is 114 cm³/mol. The monoisotopic (exact) mass is 390 g/mol. The first kappa shape index (κ1) is 19.9. The fourth-order valence-electron chi connectivity index (χ4n) is 3.13. The summed E-state index contributed by atoms with van der Waals surface area (Å²) in [6.07, 6.45) is 0. The van der Waals surface area contributed by atoms with E-state index in [1.807, 2.05) is 51.1 Å². The van der Waals surface area contributed by atoms with E-state index < -0.39 is 11.9 Å². The van der Waals surface area contributed by atoms with E-state index in [0.29, 0.717) is 22.7 Å². The third-order valence-electron chi connectivity index (χ3n) is 4.45. The molecule has 148 valence electrons. The molecule has 0 spiro atoms. The number of aromatic carboxylic acids is 2. The Bertz CT molecular complexity index is 1020. The summed E-state index contributed by atoms with van der Waals surface area (Å²) < 4.78 is 0. The second-order valence-electron chi connectivity index (χ2n) is 7.05. The van der Waals surface area contributed by atoms with Crippen molar-refractivity contribution < 1.29 is 19.8 Å². The molecule has 3 rings (SSSR count). The number of aryl methyl sites for hydroxylation is 3. The molecule has 0 aliphatic rings. The lowest BCUT2D eigenvalue weighted by molar-refractivity contribution is 0.0687. The highest BCUT2D eigenvalue weighted by atomic mass is 16.4. The van der Waals surface area contributed by atoms with Gasteiger partial charge >= 0.3 is 11.9 Å². The Balaban J connectivity index is 1.94. The average molecular weight is 390 g/mol. The number of carbonyl (C=O) groups is 2. The molecule has 29 heavy (non-hydrogen) atoms. The molecule has 0 heterocycles. The Morgan fingerprint density at radius 3 is 1.41 bits per heavy atom. The Labute approximate surface area is 168 Å². The third-order valence-corrected chi connectivity index (χ3v) is 4.45. The van der Waals surface area contributed by atoms with Gasteiger partial charge in [-0.25, -0.2) is 9.59 Å². The molecular formula is C23H22N2O4. The van der Waals surface area contributed by atoms with Crippen molar-refractivity contribution in [1.29, 1.82) is 0 Å². The van der Waals surface area contributed by atoms with Crippen molar-refractivity contribution in [3.8, 4) is 0 Å². The van der Waals surface area contributed by atoms with E-state index in [0.717, 1.165) is 16.7 Å². The van der Waals surface area contributed by atoms with E-state index in [1.54, 1.807) is 24.3 Å². The molecule has 6 nitrogen and oxygen atoms in total. The number of hydrogen-bond acceptors (Lipinski definition) is 4. The molecule has 0 aromatic heterocycles. The highest BCUT2D eigenvalue weighted by molar-refractivity contribution is 5.96. The summed E-state index contributed by atoms with van der Waals surface area (Å²) in [5.41, 5.74) is 5.40. The van der Waals surface area contributed by atoms with E-state index in [1.165, 1.54) is 0 Å². The van der Waals surface area contributed by atoms with E-state index in [-0.39, 0.29) is 11.1 Å². The van der Waals surface area contributed by atoms with Crippen molar-refractivity contribution in [2.75, 3.05) is 10.6 Å². The number of benzene rings is 3. The normalized spacial score (nSPS) is 10.4. The second-order valence-corrected chi connectivity index (χ2v) is 7.05. The maximum absolute atomic E-state index is 11.6. The number of anilines is 4. The van der Waals surface area contributed by atoms with Gasteiger partial charge in [0, 0.05) is 11.4 Å². The smallest absolute Gasteiger partial charge is 0.337 e. The second kappa shape index (κ2) is 8.06. The highest BCUT2D eigenvalue weighted by Crippen LogP contribution is 2.28. The lowest BCUT2D eigenvalue weighted by Gasteiger charge is -2.15. The van der Waals surface area contributed by atoms with E-state index >= 15 is 0 Å². The van der Waals surface area contributed by atoms with E-state index in [4.69, 9.17) is 0 Å². The Morgan fingerprint density at radius 1 is 0.621 bits per heavy atom. The zero-order chi connectivity index (χ0) is 21.1. The van der Waals surface area contributed by atoms with Gasteiger partial charge in [0.25, 0.3) is 0 Å². The molecule has 0 saturated carbocycles. The largest absolute Gasteiger partial charge is 0.478 e. The van der Waals surface area contributed by atoms with Gasteiger partial charge in [-0.2, -0.15) is 0 Å². The zero-order valence-electron chi connectivity index (χ0n) is 16.4. The third kappa shape index (κ3) is 4.73. The lowest BCUT2D eigenvalue weighted by atomic mass is 10.1. The Hall–Kier alpha value is -3.80. The molecule has 4 N–H and O–H groups in total. The van der Waals surface area contributed by atoms with E-state index in [9.17, 15) is 19.8 Å². The summed E-state index contributed by atoms with van der Waals surface area (Å²) in [4.78, 5) is 23.1. The molecule has 0 unspecified atom stereocenters. The molecule has 0 saturated heterocycles. The van der Waals surface area contributed by atoms with Crippen LogP contribution in [0.25, 0.3) is 0 Å². The summed E-state index contributed by atoms with van der Waals surface area (Å²) in [5.74, 6) is -2.01. The summed E-state index contributed by atoms with van der Waals surface area (Å²) in [5, 5.41) is 25.3. The Kier molecular flexibility index (Phi) is 5.54. The van der Waals surface area contributed by atoms with Crippen molar-refractivity contribution in [2.45, 2.75) is 20.8 Å². The van der Waals surface area contributed by atoms with Crippen LogP contribution < -0.4 is 10.6 Å². The van der Waals surface area contributed by atoms with Gasteiger partial charge in [0.05, 0.1) is 22.5 Å². The molecule has 0 atom stereocenters. The quantitative estimate of drug-likeness (QED) is 0.444. The first-order valence-electron chi connectivity index (χ1n) is 9.06. The van der Waals surface area contributed by atoms with Crippen molar-refractivity contribution >= 4 is 34.7 Å². The molecular weight excluding hydrogens is 368 g/mol. The average Bonchev–Trinajstić information content (AvgIpc) is 2.64. The van der Waals surface area contributed by atoms with Crippen molar-refractivity contribution in [3.05, 3.63) is 82.4 Å². The van der Waals surface area contributed by atoms with Crippen LogP contribution in [-0.4, -0.2) is 22.2 Å². The number of carboxylic acids is 2. The zero-order valence-corrected chi connectivity index (χ0v) is 16.4. The van der Waals surface area contributed by atoms with Crippen molar-refractivity contribution in [1.82, 2.24) is 0 Å². The van der Waals surface area contributed by atoms with Crippen molar-refractivity contribution in [2.24, 2.45) is 0 Å². The van der Waals surface area contributed by atoms with Crippen LogP contribution in [0.2, 0.25) is 0 Å². The molecule has 0 fully saturated rings. The maximum atomic E-state index is 11.6. The molecule has 0 amide bonds. The molecule has 0 radical (unpaired) electrons. The number of rotatable bonds is 6.